The molecule has 2 aromatic carbocycles. The lowest BCUT2D eigenvalue weighted by molar-refractivity contribution is -0.127. The second kappa shape index (κ2) is 10.5. The standard InChI is InChI=1S/C25H34N2O3/c1-18(2)23-7-5-6-8-24(23)29-19(3)25(28)26-17-20-9-11-21(12-10-20)30-22-13-15-27(4)16-14-22/h5-12,18-19,22H,13-17H2,1-4H3,(H,26,28). The van der Waals surface area contributed by atoms with Crippen molar-refractivity contribution in [3.63, 3.8) is 0 Å². The van der Waals surface area contributed by atoms with E-state index in [4.69, 9.17) is 9.47 Å². The summed E-state index contributed by atoms with van der Waals surface area (Å²) in [6.45, 7) is 8.64. The predicted octanol–water partition coefficient (Wildman–Crippen LogP) is 4.37. The number of hydrogen-bond acceptors (Lipinski definition) is 4. The molecule has 5 nitrogen and oxygen atoms in total. The first-order chi connectivity index (χ1) is 14.4. The van der Waals surface area contributed by atoms with E-state index < -0.39 is 6.10 Å². The molecular weight excluding hydrogens is 376 g/mol. The second-order valence-corrected chi connectivity index (χ2v) is 8.43. The van der Waals surface area contributed by atoms with Crippen LogP contribution in [-0.2, 0) is 11.3 Å². The van der Waals surface area contributed by atoms with Gasteiger partial charge in [-0.3, -0.25) is 4.79 Å². The molecule has 0 aromatic heterocycles. The quantitative estimate of drug-likeness (QED) is 0.702. The molecule has 30 heavy (non-hydrogen) atoms. The highest BCUT2D eigenvalue weighted by molar-refractivity contribution is 5.80. The van der Waals surface area contributed by atoms with Gasteiger partial charge in [0, 0.05) is 19.6 Å². The lowest BCUT2D eigenvalue weighted by atomic mass is 10.0. The molecule has 1 heterocycles. The first-order valence-electron chi connectivity index (χ1n) is 10.9. The maximum atomic E-state index is 12.5. The number of nitrogens with one attached hydrogen (secondary N) is 1. The molecule has 162 valence electrons. The van der Waals surface area contributed by atoms with E-state index in [1.807, 2.05) is 48.5 Å². The number of likely N-dealkylation sites (tertiary alicyclic amines) is 1. The van der Waals surface area contributed by atoms with Crippen LogP contribution in [0.1, 0.15) is 50.7 Å². The number of benzene rings is 2. The van der Waals surface area contributed by atoms with Crippen LogP contribution in [-0.4, -0.2) is 43.2 Å². The van der Waals surface area contributed by atoms with Gasteiger partial charge in [-0.25, -0.2) is 0 Å². The van der Waals surface area contributed by atoms with Crippen molar-refractivity contribution in [3.8, 4) is 11.5 Å². The van der Waals surface area contributed by atoms with Gasteiger partial charge in [0.15, 0.2) is 6.10 Å². The molecule has 1 atom stereocenters. The number of para-hydroxylation sites is 1. The smallest absolute Gasteiger partial charge is 0.261 e. The van der Waals surface area contributed by atoms with Gasteiger partial charge in [-0.05, 0) is 62.1 Å². The number of ether oxygens (including phenoxy) is 2. The van der Waals surface area contributed by atoms with Crippen LogP contribution in [0.3, 0.4) is 0 Å². The first-order valence-corrected chi connectivity index (χ1v) is 10.9. The van der Waals surface area contributed by atoms with E-state index >= 15 is 0 Å². The topological polar surface area (TPSA) is 50.8 Å². The number of piperidine rings is 1. The number of nitrogens with zero attached hydrogens (tertiary/aromatic N) is 1. The van der Waals surface area contributed by atoms with E-state index in [9.17, 15) is 4.79 Å². The molecule has 1 fully saturated rings. The Kier molecular flexibility index (Phi) is 7.75. The Morgan fingerprint density at radius 3 is 2.40 bits per heavy atom. The summed E-state index contributed by atoms with van der Waals surface area (Å²) in [6.07, 6.45) is 1.86. The van der Waals surface area contributed by atoms with Gasteiger partial charge in [-0.1, -0.05) is 44.2 Å². The van der Waals surface area contributed by atoms with Gasteiger partial charge >= 0.3 is 0 Å². The molecular formula is C25H34N2O3. The second-order valence-electron chi connectivity index (χ2n) is 8.43. The Morgan fingerprint density at radius 1 is 1.07 bits per heavy atom. The van der Waals surface area contributed by atoms with E-state index in [1.54, 1.807) is 6.92 Å². The molecule has 0 aliphatic carbocycles. The molecule has 0 saturated carbocycles. The first kappa shape index (κ1) is 22.2. The van der Waals surface area contributed by atoms with Crippen molar-refractivity contribution < 1.29 is 14.3 Å². The Labute approximate surface area is 180 Å². The van der Waals surface area contributed by atoms with Crippen LogP contribution in [0.25, 0.3) is 0 Å². The minimum atomic E-state index is -0.558. The van der Waals surface area contributed by atoms with Gasteiger partial charge in [0.25, 0.3) is 5.91 Å². The number of rotatable bonds is 8. The van der Waals surface area contributed by atoms with Gasteiger partial charge in [-0.15, -0.1) is 0 Å². The molecule has 1 aliphatic heterocycles. The zero-order chi connectivity index (χ0) is 21.5. The molecule has 2 aromatic rings. The third kappa shape index (κ3) is 6.23. The fraction of sp³-hybridized carbons (Fsp3) is 0.480. The number of hydrogen-bond donors (Lipinski definition) is 1. The molecule has 1 N–H and O–H groups in total. The van der Waals surface area contributed by atoms with Crippen LogP contribution in [0.2, 0.25) is 0 Å². The van der Waals surface area contributed by atoms with Gasteiger partial charge in [0.1, 0.15) is 17.6 Å². The monoisotopic (exact) mass is 410 g/mol. The maximum Gasteiger partial charge on any atom is 0.261 e. The third-order valence-electron chi connectivity index (χ3n) is 5.57. The molecule has 1 saturated heterocycles. The summed E-state index contributed by atoms with van der Waals surface area (Å²) < 4.78 is 12.0. The van der Waals surface area contributed by atoms with Crippen molar-refractivity contribution in [3.05, 3.63) is 59.7 Å². The highest BCUT2D eigenvalue weighted by Gasteiger charge is 2.19. The van der Waals surface area contributed by atoms with Gasteiger partial charge in [0.2, 0.25) is 0 Å². The minimum Gasteiger partial charge on any atom is -0.490 e. The van der Waals surface area contributed by atoms with Crippen molar-refractivity contribution in [2.75, 3.05) is 20.1 Å². The molecule has 1 aliphatic rings. The Morgan fingerprint density at radius 2 is 1.73 bits per heavy atom. The Balaban J connectivity index is 1.47. The van der Waals surface area contributed by atoms with Gasteiger partial charge in [-0.2, -0.15) is 0 Å². The van der Waals surface area contributed by atoms with Gasteiger partial charge in [0.05, 0.1) is 0 Å². The zero-order valence-corrected chi connectivity index (χ0v) is 18.6. The summed E-state index contributed by atoms with van der Waals surface area (Å²) in [5.41, 5.74) is 2.14. The van der Waals surface area contributed by atoms with Crippen molar-refractivity contribution in [2.45, 2.75) is 58.3 Å². The summed E-state index contributed by atoms with van der Waals surface area (Å²) >= 11 is 0. The Hall–Kier alpha value is -2.53. The average Bonchev–Trinajstić information content (AvgIpc) is 2.75. The third-order valence-corrected chi connectivity index (χ3v) is 5.57. The van der Waals surface area contributed by atoms with Crippen LogP contribution in [0.15, 0.2) is 48.5 Å². The number of amides is 1. The van der Waals surface area contributed by atoms with Crippen molar-refractivity contribution in [1.82, 2.24) is 10.2 Å². The molecule has 0 spiro atoms. The van der Waals surface area contributed by atoms with E-state index in [1.165, 1.54) is 0 Å². The fourth-order valence-electron chi connectivity index (χ4n) is 3.62. The van der Waals surface area contributed by atoms with E-state index in [0.717, 1.165) is 48.6 Å². The van der Waals surface area contributed by atoms with Crippen LogP contribution < -0.4 is 14.8 Å². The lowest BCUT2D eigenvalue weighted by Crippen LogP contribution is -2.36. The fourth-order valence-corrected chi connectivity index (χ4v) is 3.62. The summed E-state index contributed by atoms with van der Waals surface area (Å²) in [5.74, 6) is 1.87. The normalized spacial score (nSPS) is 16.3. The largest absolute Gasteiger partial charge is 0.490 e. The van der Waals surface area contributed by atoms with Crippen molar-refractivity contribution >= 4 is 5.91 Å². The van der Waals surface area contributed by atoms with Crippen molar-refractivity contribution in [1.29, 1.82) is 0 Å². The zero-order valence-electron chi connectivity index (χ0n) is 18.6. The molecule has 5 heteroatoms. The SMILES string of the molecule is CC(Oc1ccccc1C(C)C)C(=O)NCc1ccc(OC2CCN(C)CC2)cc1. The summed E-state index contributed by atoms with van der Waals surface area (Å²) in [6, 6.07) is 15.9. The summed E-state index contributed by atoms with van der Waals surface area (Å²) in [4.78, 5) is 14.8. The van der Waals surface area contributed by atoms with Crippen LogP contribution in [0, 0.1) is 0 Å². The van der Waals surface area contributed by atoms with E-state index in [-0.39, 0.29) is 5.91 Å². The van der Waals surface area contributed by atoms with Crippen LogP contribution >= 0.6 is 0 Å². The Bertz CT molecular complexity index is 811. The summed E-state index contributed by atoms with van der Waals surface area (Å²) in [7, 11) is 2.15. The highest BCUT2D eigenvalue weighted by Crippen LogP contribution is 2.26. The number of carbonyl (C=O) groups is 1. The molecule has 1 amide bonds. The lowest BCUT2D eigenvalue weighted by Gasteiger charge is -2.29. The predicted molar refractivity (Wildman–Crippen MR) is 120 cm³/mol. The average molecular weight is 411 g/mol. The number of carbonyl (C=O) groups excluding carboxylic acids is 1. The van der Waals surface area contributed by atoms with E-state index in [0.29, 0.717) is 18.6 Å². The van der Waals surface area contributed by atoms with E-state index in [2.05, 4.69) is 31.1 Å². The van der Waals surface area contributed by atoms with Gasteiger partial charge < -0.3 is 19.7 Å². The molecule has 3 rings (SSSR count). The highest BCUT2D eigenvalue weighted by atomic mass is 16.5. The minimum absolute atomic E-state index is 0.125. The maximum absolute atomic E-state index is 12.5. The summed E-state index contributed by atoms with van der Waals surface area (Å²) in [5, 5.41) is 2.96. The van der Waals surface area contributed by atoms with Crippen molar-refractivity contribution in [2.24, 2.45) is 0 Å². The van der Waals surface area contributed by atoms with Crippen LogP contribution in [0.5, 0.6) is 11.5 Å². The van der Waals surface area contributed by atoms with Crippen LogP contribution in [0.4, 0.5) is 0 Å². The molecule has 0 bridgehead atoms. The molecule has 1 unspecified atom stereocenters. The molecule has 0 radical (unpaired) electrons.